The van der Waals surface area contributed by atoms with Gasteiger partial charge >= 0.3 is 0 Å². The van der Waals surface area contributed by atoms with Gasteiger partial charge < -0.3 is 0 Å². The molecule has 1 saturated heterocycles. The highest BCUT2D eigenvalue weighted by atomic mass is 32.2. The van der Waals surface area contributed by atoms with Gasteiger partial charge in [0.1, 0.15) is 0 Å². The molecule has 1 aliphatic carbocycles. The van der Waals surface area contributed by atoms with Crippen molar-refractivity contribution in [1.82, 2.24) is 4.90 Å². The van der Waals surface area contributed by atoms with Crippen LogP contribution in [0.3, 0.4) is 0 Å². The highest BCUT2D eigenvalue weighted by Crippen LogP contribution is 2.40. The van der Waals surface area contributed by atoms with Crippen LogP contribution in [0.25, 0.3) is 6.08 Å². The second-order valence-corrected chi connectivity index (χ2v) is 8.76. The van der Waals surface area contributed by atoms with Crippen molar-refractivity contribution in [2.24, 2.45) is 10.9 Å². The van der Waals surface area contributed by atoms with Crippen LogP contribution in [0.15, 0.2) is 64.5 Å². The Bertz CT molecular complexity index is 902. The van der Waals surface area contributed by atoms with Gasteiger partial charge in [-0.1, -0.05) is 67.8 Å². The molecule has 0 bridgehead atoms. The number of amidine groups is 1. The number of nitrogens with zero attached hydrogens (tertiary/aromatic N) is 2. The van der Waals surface area contributed by atoms with Crippen molar-refractivity contribution in [3.8, 4) is 0 Å². The molecule has 2 aromatic carbocycles. The Kier molecular flexibility index (Phi) is 5.67. The van der Waals surface area contributed by atoms with E-state index in [9.17, 15) is 4.79 Å². The number of carbonyl (C=O) groups excluding carboxylic acids is 1. The molecule has 2 aromatic rings. The van der Waals surface area contributed by atoms with Crippen molar-refractivity contribution in [1.29, 1.82) is 0 Å². The molecule has 2 fully saturated rings. The first-order chi connectivity index (χ1) is 13.6. The molecule has 1 amide bonds. The SMILES string of the molecule is Cc1ccc(/C=C2\SC(=Nc3ccccc3)N([C@@H]3CCCC[C@@H]3C)C2=O)cc1. The molecule has 1 saturated carbocycles. The fourth-order valence-corrected chi connectivity index (χ4v) is 5.01. The van der Waals surface area contributed by atoms with E-state index in [0.29, 0.717) is 5.92 Å². The van der Waals surface area contributed by atoms with Gasteiger partial charge in [0.25, 0.3) is 5.91 Å². The van der Waals surface area contributed by atoms with E-state index in [2.05, 4.69) is 38.1 Å². The van der Waals surface area contributed by atoms with E-state index in [-0.39, 0.29) is 11.9 Å². The van der Waals surface area contributed by atoms with Crippen LogP contribution in [0, 0.1) is 12.8 Å². The number of para-hydroxylation sites is 1. The third-order valence-corrected chi connectivity index (χ3v) is 6.57. The van der Waals surface area contributed by atoms with E-state index in [0.717, 1.165) is 27.7 Å². The quantitative estimate of drug-likeness (QED) is 0.586. The lowest BCUT2D eigenvalue weighted by Crippen LogP contribution is -2.44. The van der Waals surface area contributed by atoms with Gasteiger partial charge in [0.2, 0.25) is 0 Å². The first-order valence-corrected chi connectivity index (χ1v) is 10.9. The van der Waals surface area contributed by atoms with Gasteiger partial charge in [-0.05, 0) is 61.2 Å². The second-order valence-electron chi connectivity index (χ2n) is 7.76. The molecule has 2 atom stereocenters. The maximum Gasteiger partial charge on any atom is 0.267 e. The molecule has 1 aliphatic heterocycles. The highest BCUT2D eigenvalue weighted by Gasteiger charge is 2.40. The summed E-state index contributed by atoms with van der Waals surface area (Å²) in [4.78, 5) is 21.0. The minimum absolute atomic E-state index is 0.0963. The summed E-state index contributed by atoms with van der Waals surface area (Å²) in [6.07, 6.45) is 6.66. The number of rotatable bonds is 3. The van der Waals surface area contributed by atoms with Crippen molar-refractivity contribution in [3.63, 3.8) is 0 Å². The molecule has 3 nitrogen and oxygen atoms in total. The van der Waals surface area contributed by atoms with Gasteiger partial charge in [-0.15, -0.1) is 0 Å². The van der Waals surface area contributed by atoms with Crippen LogP contribution in [0.4, 0.5) is 5.69 Å². The molecule has 2 aliphatic rings. The number of benzene rings is 2. The van der Waals surface area contributed by atoms with E-state index < -0.39 is 0 Å². The summed E-state index contributed by atoms with van der Waals surface area (Å²) in [5, 5.41) is 0.813. The van der Waals surface area contributed by atoms with Crippen molar-refractivity contribution >= 4 is 34.6 Å². The Hall–Kier alpha value is -2.33. The monoisotopic (exact) mass is 390 g/mol. The van der Waals surface area contributed by atoms with Crippen LogP contribution in [0.2, 0.25) is 0 Å². The van der Waals surface area contributed by atoms with E-state index in [1.807, 2.05) is 41.3 Å². The molecule has 28 heavy (non-hydrogen) atoms. The summed E-state index contributed by atoms with van der Waals surface area (Å²) in [5.41, 5.74) is 3.17. The lowest BCUT2D eigenvalue weighted by atomic mass is 9.85. The Morgan fingerprint density at radius 2 is 1.75 bits per heavy atom. The van der Waals surface area contributed by atoms with E-state index in [4.69, 9.17) is 4.99 Å². The molecule has 0 spiro atoms. The second kappa shape index (κ2) is 8.36. The maximum atomic E-state index is 13.4. The average molecular weight is 391 g/mol. The molecule has 4 rings (SSSR count). The van der Waals surface area contributed by atoms with Crippen LogP contribution < -0.4 is 0 Å². The molecule has 144 valence electrons. The molecular weight excluding hydrogens is 364 g/mol. The van der Waals surface area contributed by atoms with Gasteiger partial charge in [-0.3, -0.25) is 9.69 Å². The van der Waals surface area contributed by atoms with E-state index >= 15 is 0 Å². The van der Waals surface area contributed by atoms with Crippen LogP contribution >= 0.6 is 11.8 Å². The first kappa shape index (κ1) is 19.0. The number of amides is 1. The molecule has 4 heteroatoms. The Morgan fingerprint density at radius 3 is 2.46 bits per heavy atom. The Morgan fingerprint density at radius 1 is 1.04 bits per heavy atom. The molecule has 1 heterocycles. The van der Waals surface area contributed by atoms with Gasteiger partial charge in [0.05, 0.1) is 10.6 Å². The summed E-state index contributed by atoms with van der Waals surface area (Å²) in [7, 11) is 0. The molecule has 0 N–H and O–H groups in total. The standard InChI is InChI=1S/C24H26N2OS/c1-17-12-14-19(15-13-17)16-22-23(27)26(21-11-7-6-8-18(21)2)24(28-22)25-20-9-4-3-5-10-20/h3-5,9-10,12-16,18,21H,6-8,11H2,1-2H3/b22-16-,25-24?/t18-,21+/m0/s1. The number of thioether (sulfide) groups is 1. The molecule has 0 radical (unpaired) electrons. The first-order valence-electron chi connectivity index (χ1n) is 10.1. The minimum Gasteiger partial charge on any atom is -0.283 e. The topological polar surface area (TPSA) is 32.7 Å². The van der Waals surface area contributed by atoms with Crippen LogP contribution in [-0.4, -0.2) is 22.0 Å². The number of aliphatic imine (C=N–C) groups is 1. The van der Waals surface area contributed by atoms with Gasteiger partial charge in [0, 0.05) is 6.04 Å². The third kappa shape index (κ3) is 4.07. The van der Waals surface area contributed by atoms with Crippen LogP contribution in [-0.2, 0) is 4.79 Å². The van der Waals surface area contributed by atoms with E-state index in [1.165, 1.54) is 36.6 Å². The number of carbonyl (C=O) groups is 1. The van der Waals surface area contributed by atoms with Crippen molar-refractivity contribution in [3.05, 3.63) is 70.6 Å². The van der Waals surface area contributed by atoms with Crippen molar-refractivity contribution in [2.45, 2.75) is 45.6 Å². The predicted octanol–water partition coefficient (Wildman–Crippen LogP) is 6.18. The smallest absolute Gasteiger partial charge is 0.267 e. The summed E-state index contributed by atoms with van der Waals surface area (Å²) >= 11 is 1.50. The average Bonchev–Trinajstić information content (AvgIpc) is 3.00. The van der Waals surface area contributed by atoms with E-state index in [1.54, 1.807) is 0 Å². The molecular formula is C24H26N2OS. The number of aryl methyl sites for hydroxylation is 1. The zero-order valence-electron chi connectivity index (χ0n) is 16.5. The summed E-state index contributed by atoms with van der Waals surface area (Å²) in [6.45, 7) is 4.34. The van der Waals surface area contributed by atoms with Crippen LogP contribution in [0.1, 0.15) is 43.7 Å². The fraction of sp³-hybridized carbons (Fsp3) is 0.333. The zero-order valence-corrected chi connectivity index (χ0v) is 17.3. The predicted molar refractivity (Wildman–Crippen MR) is 119 cm³/mol. The Labute approximate surface area is 171 Å². The van der Waals surface area contributed by atoms with Gasteiger partial charge in [-0.25, -0.2) is 4.99 Å². The number of hydrogen-bond donors (Lipinski definition) is 0. The summed E-state index contributed by atoms with van der Waals surface area (Å²) < 4.78 is 0. The highest BCUT2D eigenvalue weighted by molar-refractivity contribution is 8.18. The van der Waals surface area contributed by atoms with Crippen molar-refractivity contribution in [2.75, 3.05) is 0 Å². The van der Waals surface area contributed by atoms with Crippen LogP contribution in [0.5, 0.6) is 0 Å². The maximum absolute atomic E-state index is 13.4. The summed E-state index contributed by atoms with van der Waals surface area (Å²) in [5.74, 6) is 0.594. The normalized spacial score (nSPS) is 25.6. The minimum atomic E-state index is 0.0963. The lowest BCUT2D eigenvalue weighted by molar-refractivity contribution is -0.124. The third-order valence-electron chi connectivity index (χ3n) is 5.59. The zero-order chi connectivity index (χ0) is 19.5. The molecule has 0 aromatic heterocycles. The number of hydrogen-bond acceptors (Lipinski definition) is 3. The largest absolute Gasteiger partial charge is 0.283 e. The lowest BCUT2D eigenvalue weighted by Gasteiger charge is -2.35. The molecule has 0 unspecified atom stereocenters. The van der Waals surface area contributed by atoms with Gasteiger partial charge in [0.15, 0.2) is 5.17 Å². The van der Waals surface area contributed by atoms with Gasteiger partial charge in [-0.2, -0.15) is 0 Å². The Balaban J connectivity index is 1.71. The summed E-state index contributed by atoms with van der Waals surface area (Å²) in [6, 6.07) is 18.5. The van der Waals surface area contributed by atoms with Crippen molar-refractivity contribution < 1.29 is 4.79 Å². The fourth-order valence-electron chi connectivity index (χ4n) is 3.96.